The zero-order valence-electron chi connectivity index (χ0n) is 13.7. The lowest BCUT2D eigenvalue weighted by atomic mass is 10.1. The molecule has 0 radical (unpaired) electrons. The predicted octanol–water partition coefficient (Wildman–Crippen LogP) is 2.49. The van der Waals surface area contributed by atoms with E-state index >= 15 is 0 Å². The molecule has 0 spiro atoms. The zero-order chi connectivity index (χ0) is 16.2. The third-order valence-electron chi connectivity index (χ3n) is 4.12. The Bertz CT molecular complexity index is 488. The van der Waals surface area contributed by atoms with Crippen molar-refractivity contribution < 1.29 is 9.18 Å². The summed E-state index contributed by atoms with van der Waals surface area (Å²) in [6, 6.07) is 6.40. The summed E-state index contributed by atoms with van der Waals surface area (Å²) in [4.78, 5) is 16.4. The lowest BCUT2D eigenvalue weighted by molar-refractivity contribution is 0.0744. The second-order valence-corrected chi connectivity index (χ2v) is 6.75. The molecule has 0 aromatic heterocycles. The fraction of sp³-hybridized carbons (Fsp3) is 0.588. The van der Waals surface area contributed by atoms with Crippen LogP contribution in [0.5, 0.6) is 0 Å². The van der Waals surface area contributed by atoms with Gasteiger partial charge in [-0.15, -0.1) is 0 Å². The number of nitrogens with zero attached hydrogens (tertiary/aromatic N) is 2. The predicted molar refractivity (Wildman–Crippen MR) is 86.4 cm³/mol. The Labute approximate surface area is 132 Å². The van der Waals surface area contributed by atoms with Gasteiger partial charge in [0.25, 0.3) is 0 Å². The van der Waals surface area contributed by atoms with E-state index < -0.39 is 0 Å². The highest BCUT2D eigenvalue weighted by Crippen LogP contribution is 2.15. The molecule has 2 rings (SSSR count). The quantitative estimate of drug-likeness (QED) is 0.931. The molecule has 4 nitrogen and oxygen atoms in total. The van der Waals surface area contributed by atoms with Crippen LogP contribution in [0, 0.1) is 5.82 Å². The van der Waals surface area contributed by atoms with E-state index in [0.29, 0.717) is 13.0 Å². The Kier molecular flexibility index (Phi) is 5.40. The van der Waals surface area contributed by atoms with Crippen molar-refractivity contribution in [1.29, 1.82) is 0 Å². The van der Waals surface area contributed by atoms with Crippen LogP contribution in [0.2, 0.25) is 0 Å². The van der Waals surface area contributed by atoms with Gasteiger partial charge in [-0.25, -0.2) is 9.18 Å². The van der Waals surface area contributed by atoms with Crippen molar-refractivity contribution in [2.75, 3.05) is 32.7 Å². The van der Waals surface area contributed by atoms with Gasteiger partial charge in [-0.05, 0) is 44.9 Å². The smallest absolute Gasteiger partial charge is 0.317 e. The van der Waals surface area contributed by atoms with Crippen LogP contribution in [0.1, 0.15) is 26.3 Å². The Hall–Kier alpha value is -1.62. The fourth-order valence-corrected chi connectivity index (χ4v) is 2.66. The number of benzene rings is 1. The molecule has 1 aliphatic heterocycles. The van der Waals surface area contributed by atoms with Crippen LogP contribution in [-0.2, 0) is 6.42 Å². The van der Waals surface area contributed by atoms with Gasteiger partial charge in [0.1, 0.15) is 5.82 Å². The number of rotatable bonds is 3. The van der Waals surface area contributed by atoms with Crippen molar-refractivity contribution in [2.24, 2.45) is 0 Å². The van der Waals surface area contributed by atoms with Crippen LogP contribution < -0.4 is 5.32 Å². The van der Waals surface area contributed by atoms with Crippen molar-refractivity contribution in [3.05, 3.63) is 35.6 Å². The number of carbonyl (C=O) groups excluding carboxylic acids is 1. The summed E-state index contributed by atoms with van der Waals surface area (Å²) in [5.74, 6) is -0.232. The van der Waals surface area contributed by atoms with E-state index in [2.05, 4.69) is 31.0 Å². The highest BCUT2D eigenvalue weighted by molar-refractivity contribution is 5.74. The molecule has 0 bridgehead atoms. The average Bonchev–Trinajstić information content (AvgIpc) is 2.48. The monoisotopic (exact) mass is 307 g/mol. The van der Waals surface area contributed by atoms with Gasteiger partial charge in [-0.3, -0.25) is 4.90 Å². The summed E-state index contributed by atoms with van der Waals surface area (Å²) in [5, 5.41) is 2.94. The molecule has 0 unspecified atom stereocenters. The molecule has 0 atom stereocenters. The Morgan fingerprint density at radius 1 is 1.14 bits per heavy atom. The molecule has 122 valence electrons. The van der Waals surface area contributed by atoms with Crippen molar-refractivity contribution in [3.8, 4) is 0 Å². The lowest BCUT2D eigenvalue weighted by Crippen LogP contribution is -2.56. The minimum absolute atomic E-state index is 0.00401. The molecule has 1 aliphatic rings. The molecular weight excluding hydrogens is 281 g/mol. The van der Waals surface area contributed by atoms with E-state index in [9.17, 15) is 9.18 Å². The maximum Gasteiger partial charge on any atom is 0.317 e. The molecule has 2 amide bonds. The second kappa shape index (κ2) is 7.09. The Morgan fingerprint density at radius 3 is 2.27 bits per heavy atom. The number of nitrogens with one attached hydrogen (secondary N) is 1. The normalized spacial score (nSPS) is 16.6. The largest absolute Gasteiger partial charge is 0.338 e. The number of piperazine rings is 1. The summed E-state index contributed by atoms with van der Waals surface area (Å²) in [7, 11) is 0. The van der Waals surface area contributed by atoms with Crippen LogP contribution >= 0.6 is 0 Å². The molecule has 1 fully saturated rings. The van der Waals surface area contributed by atoms with E-state index in [1.54, 1.807) is 12.1 Å². The zero-order valence-corrected chi connectivity index (χ0v) is 13.7. The summed E-state index contributed by atoms with van der Waals surface area (Å²) in [6.45, 7) is 10.5. The van der Waals surface area contributed by atoms with Gasteiger partial charge >= 0.3 is 6.03 Å². The van der Waals surface area contributed by atoms with Crippen LogP contribution in [0.3, 0.4) is 0 Å². The summed E-state index contributed by atoms with van der Waals surface area (Å²) in [6.07, 6.45) is 0.716. The first kappa shape index (κ1) is 16.7. The molecule has 1 aromatic carbocycles. The minimum Gasteiger partial charge on any atom is -0.338 e. The van der Waals surface area contributed by atoms with E-state index in [4.69, 9.17) is 0 Å². The molecule has 22 heavy (non-hydrogen) atoms. The van der Waals surface area contributed by atoms with Crippen LogP contribution in [-0.4, -0.2) is 54.1 Å². The van der Waals surface area contributed by atoms with E-state index in [1.165, 1.54) is 12.1 Å². The maximum atomic E-state index is 12.8. The van der Waals surface area contributed by atoms with Gasteiger partial charge in [0, 0.05) is 38.3 Å². The maximum absolute atomic E-state index is 12.8. The van der Waals surface area contributed by atoms with Gasteiger partial charge < -0.3 is 10.2 Å². The average molecular weight is 307 g/mol. The molecule has 1 N–H and O–H groups in total. The van der Waals surface area contributed by atoms with Gasteiger partial charge in [0.05, 0.1) is 0 Å². The minimum atomic E-state index is -0.232. The third kappa shape index (κ3) is 4.70. The summed E-state index contributed by atoms with van der Waals surface area (Å²) >= 11 is 0. The van der Waals surface area contributed by atoms with Crippen molar-refractivity contribution in [3.63, 3.8) is 0 Å². The number of hydrogen-bond donors (Lipinski definition) is 1. The molecular formula is C17H26FN3O. The van der Waals surface area contributed by atoms with Gasteiger partial charge in [-0.1, -0.05) is 12.1 Å². The first-order chi connectivity index (χ1) is 10.4. The van der Waals surface area contributed by atoms with Crippen molar-refractivity contribution >= 4 is 6.03 Å². The molecule has 1 aromatic rings. The van der Waals surface area contributed by atoms with E-state index in [0.717, 1.165) is 31.7 Å². The Balaban J connectivity index is 1.71. The highest BCUT2D eigenvalue weighted by Gasteiger charge is 2.27. The summed E-state index contributed by atoms with van der Waals surface area (Å²) < 4.78 is 12.8. The molecule has 0 saturated carbocycles. The third-order valence-corrected chi connectivity index (χ3v) is 4.12. The number of urea groups is 1. The number of hydrogen-bond acceptors (Lipinski definition) is 2. The fourth-order valence-electron chi connectivity index (χ4n) is 2.66. The second-order valence-electron chi connectivity index (χ2n) is 6.75. The van der Waals surface area contributed by atoms with E-state index in [1.807, 2.05) is 4.90 Å². The van der Waals surface area contributed by atoms with Crippen molar-refractivity contribution in [1.82, 2.24) is 15.1 Å². The van der Waals surface area contributed by atoms with Gasteiger partial charge in [0.2, 0.25) is 0 Å². The SMILES string of the molecule is CC(C)(C)N1CCN(C(=O)NCCc2ccc(F)cc2)CC1. The molecule has 5 heteroatoms. The van der Waals surface area contributed by atoms with Crippen LogP contribution in [0.25, 0.3) is 0 Å². The number of halogens is 1. The van der Waals surface area contributed by atoms with Gasteiger partial charge in [0.15, 0.2) is 0 Å². The molecule has 1 saturated heterocycles. The van der Waals surface area contributed by atoms with Crippen molar-refractivity contribution in [2.45, 2.75) is 32.7 Å². The molecule has 0 aliphatic carbocycles. The topological polar surface area (TPSA) is 35.6 Å². The van der Waals surface area contributed by atoms with Crippen LogP contribution in [0.4, 0.5) is 9.18 Å². The number of amides is 2. The first-order valence-electron chi connectivity index (χ1n) is 7.88. The lowest BCUT2D eigenvalue weighted by Gasteiger charge is -2.42. The van der Waals surface area contributed by atoms with Gasteiger partial charge in [-0.2, -0.15) is 0 Å². The highest BCUT2D eigenvalue weighted by atomic mass is 19.1. The Morgan fingerprint density at radius 2 is 1.73 bits per heavy atom. The standard InChI is InChI=1S/C17H26FN3O/c1-17(2,3)21-12-10-20(11-13-21)16(22)19-9-8-14-4-6-15(18)7-5-14/h4-7H,8-13H2,1-3H3,(H,19,22). The molecule has 1 heterocycles. The first-order valence-corrected chi connectivity index (χ1v) is 7.88. The van der Waals surface area contributed by atoms with Crippen LogP contribution in [0.15, 0.2) is 24.3 Å². The summed E-state index contributed by atoms with van der Waals surface area (Å²) in [5.41, 5.74) is 1.18. The number of carbonyl (C=O) groups is 1. The van der Waals surface area contributed by atoms with E-state index in [-0.39, 0.29) is 17.4 Å².